The van der Waals surface area contributed by atoms with Crippen molar-refractivity contribution in [1.82, 2.24) is 5.32 Å². The van der Waals surface area contributed by atoms with Gasteiger partial charge in [0.05, 0.1) is 0 Å². The fourth-order valence-corrected chi connectivity index (χ4v) is 1.96. The van der Waals surface area contributed by atoms with Gasteiger partial charge in [-0.05, 0) is 24.5 Å². The van der Waals surface area contributed by atoms with E-state index in [1.165, 1.54) is 17.5 Å². The number of nitrogens with one attached hydrogen (secondary N) is 1. The minimum Gasteiger partial charge on any atom is -0.310 e. The molecule has 1 nitrogen and oxygen atoms in total. The molecule has 1 aromatic rings. The van der Waals surface area contributed by atoms with Gasteiger partial charge in [0.2, 0.25) is 0 Å². The minimum atomic E-state index is 0.419. The maximum absolute atomic E-state index is 3.76. The first-order valence-electron chi connectivity index (χ1n) is 5.25. The van der Waals surface area contributed by atoms with Crippen molar-refractivity contribution in [3.63, 3.8) is 0 Å². The minimum absolute atomic E-state index is 0.419. The van der Waals surface area contributed by atoms with E-state index in [4.69, 9.17) is 0 Å². The SMILES string of the molecule is C=CC(C)NCC1Cc2ccccc21. The smallest absolute Gasteiger partial charge is 0.0219 e. The molecule has 0 radical (unpaired) electrons. The Morgan fingerprint density at radius 2 is 2.36 bits per heavy atom. The van der Waals surface area contributed by atoms with Gasteiger partial charge in [-0.3, -0.25) is 0 Å². The van der Waals surface area contributed by atoms with Crippen LogP contribution in [0.2, 0.25) is 0 Å². The Labute approximate surface area is 85.8 Å². The molecule has 1 N–H and O–H groups in total. The van der Waals surface area contributed by atoms with Crippen LogP contribution < -0.4 is 5.32 Å². The van der Waals surface area contributed by atoms with E-state index >= 15 is 0 Å². The normalized spacial score (nSPS) is 20.8. The zero-order valence-corrected chi connectivity index (χ0v) is 8.66. The lowest BCUT2D eigenvalue weighted by molar-refractivity contribution is 0.516. The molecule has 14 heavy (non-hydrogen) atoms. The lowest BCUT2D eigenvalue weighted by Crippen LogP contribution is -2.33. The summed E-state index contributed by atoms with van der Waals surface area (Å²) < 4.78 is 0. The largest absolute Gasteiger partial charge is 0.310 e. The molecule has 0 heterocycles. The Balaban J connectivity index is 1.90. The molecule has 1 aromatic carbocycles. The van der Waals surface area contributed by atoms with Crippen LogP contribution in [0.15, 0.2) is 36.9 Å². The highest BCUT2D eigenvalue weighted by atomic mass is 14.9. The molecule has 1 heteroatoms. The van der Waals surface area contributed by atoms with E-state index in [9.17, 15) is 0 Å². The van der Waals surface area contributed by atoms with Crippen LogP contribution in [0, 0.1) is 0 Å². The second kappa shape index (κ2) is 3.97. The second-order valence-corrected chi connectivity index (χ2v) is 4.03. The summed E-state index contributed by atoms with van der Waals surface area (Å²) in [5, 5.41) is 3.46. The van der Waals surface area contributed by atoms with Crippen LogP contribution in [0.3, 0.4) is 0 Å². The fourth-order valence-electron chi connectivity index (χ4n) is 1.96. The summed E-state index contributed by atoms with van der Waals surface area (Å²) in [6.07, 6.45) is 3.18. The average Bonchev–Trinajstić information content (AvgIpc) is 2.19. The van der Waals surface area contributed by atoms with E-state index in [1.807, 2.05) is 6.08 Å². The number of benzene rings is 1. The zero-order valence-electron chi connectivity index (χ0n) is 8.66. The molecule has 0 bridgehead atoms. The molecule has 0 spiro atoms. The van der Waals surface area contributed by atoms with Gasteiger partial charge < -0.3 is 5.32 Å². The maximum Gasteiger partial charge on any atom is 0.0219 e. The Kier molecular flexibility index (Phi) is 2.69. The van der Waals surface area contributed by atoms with Crippen molar-refractivity contribution in [3.8, 4) is 0 Å². The van der Waals surface area contributed by atoms with Crippen LogP contribution in [-0.4, -0.2) is 12.6 Å². The van der Waals surface area contributed by atoms with Crippen molar-refractivity contribution in [2.24, 2.45) is 0 Å². The molecule has 1 aliphatic rings. The second-order valence-electron chi connectivity index (χ2n) is 4.03. The van der Waals surface area contributed by atoms with Crippen LogP contribution in [0.5, 0.6) is 0 Å². The van der Waals surface area contributed by atoms with Crippen LogP contribution in [0.1, 0.15) is 24.0 Å². The van der Waals surface area contributed by atoms with E-state index in [0.29, 0.717) is 12.0 Å². The third-order valence-electron chi connectivity index (χ3n) is 3.00. The fraction of sp³-hybridized carbons (Fsp3) is 0.385. The van der Waals surface area contributed by atoms with Gasteiger partial charge in [0.25, 0.3) is 0 Å². The third-order valence-corrected chi connectivity index (χ3v) is 3.00. The molecule has 2 atom stereocenters. The van der Waals surface area contributed by atoms with Crippen molar-refractivity contribution < 1.29 is 0 Å². The Morgan fingerprint density at radius 1 is 1.57 bits per heavy atom. The van der Waals surface area contributed by atoms with Crippen molar-refractivity contribution in [2.75, 3.05) is 6.54 Å². The van der Waals surface area contributed by atoms with Gasteiger partial charge in [-0.1, -0.05) is 30.3 Å². The summed E-state index contributed by atoms with van der Waals surface area (Å²) in [4.78, 5) is 0. The Hall–Kier alpha value is -1.08. The molecule has 74 valence electrons. The molecule has 2 rings (SSSR count). The average molecular weight is 187 g/mol. The van der Waals surface area contributed by atoms with Crippen LogP contribution in [0.25, 0.3) is 0 Å². The molecule has 0 aliphatic heterocycles. The monoisotopic (exact) mass is 187 g/mol. The molecule has 1 aliphatic carbocycles. The van der Waals surface area contributed by atoms with Gasteiger partial charge in [-0.25, -0.2) is 0 Å². The third kappa shape index (κ3) is 1.73. The molecular weight excluding hydrogens is 170 g/mol. The number of rotatable bonds is 4. The van der Waals surface area contributed by atoms with E-state index < -0.39 is 0 Å². The molecule has 0 saturated heterocycles. The quantitative estimate of drug-likeness (QED) is 0.714. The first kappa shape index (κ1) is 9.47. The first-order valence-corrected chi connectivity index (χ1v) is 5.25. The molecule has 0 amide bonds. The van der Waals surface area contributed by atoms with Gasteiger partial charge in [0.15, 0.2) is 0 Å². The highest BCUT2D eigenvalue weighted by Gasteiger charge is 2.24. The van der Waals surface area contributed by atoms with E-state index in [1.54, 1.807) is 0 Å². The van der Waals surface area contributed by atoms with Gasteiger partial charge in [-0.15, -0.1) is 6.58 Å². The summed E-state index contributed by atoms with van der Waals surface area (Å²) in [7, 11) is 0. The highest BCUT2D eigenvalue weighted by Crippen LogP contribution is 2.33. The lowest BCUT2D eigenvalue weighted by Gasteiger charge is -2.31. The summed E-state index contributed by atoms with van der Waals surface area (Å²) in [6.45, 7) is 6.97. The van der Waals surface area contributed by atoms with E-state index in [0.717, 1.165) is 6.54 Å². The Bertz CT molecular complexity index is 330. The predicted octanol–water partition coefficient (Wildman–Crippen LogP) is 2.49. The molecule has 0 saturated carbocycles. The van der Waals surface area contributed by atoms with Gasteiger partial charge in [0.1, 0.15) is 0 Å². The summed E-state index contributed by atoms with van der Waals surface area (Å²) >= 11 is 0. The predicted molar refractivity (Wildman–Crippen MR) is 60.5 cm³/mol. The van der Waals surface area contributed by atoms with Crippen LogP contribution in [-0.2, 0) is 6.42 Å². The first-order chi connectivity index (χ1) is 6.81. The molecule has 2 unspecified atom stereocenters. The summed E-state index contributed by atoms with van der Waals surface area (Å²) in [5.41, 5.74) is 3.04. The van der Waals surface area contributed by atoms with Crippen LogP contribution in [0.4, 0.5) is 0 Å². The van der Waals surface area contributed by atoms with Gasteiger partial charge in [-0.2, -0.15) is 0 Å². The summed E-state index contributed by atoms with van der Waals surface area (Å²) in [5.74, 6) is 0.716. The number of hydrogen-bond donors (Lipinski definition) is 1. The maximum atomic E-state index is 3.76. The van der Waals surface area contributed by atoms with Gasteiger partial charge >= 0.3 is 0 Å². The topological polar surface area (TPSA) is 12.0 Å². The Morgan fingerprint density at radius 3 is 3.07 bits per heavy atom. The lowest BCUT2D eigenvalue weighted by atomic mass is 9.77. The standard InChI is InChI=1S/C13H17N/c1-3-10(2)14-9-12-8-11-6-4-5-7-13(11)12/h3-7,10,12,14H,1,8-9H2,2H3. The number of fused-ring (bicyclic) bond motifs is 1. The van der Waals surface area contributed by atoms with Crippen molar-refractivity contribution in [3.05, 3.63) is 48.0 Å². The van der Waals surface area contributed by atoms with Crippen molar-refractivity contribution in [2.45, 2.75) is 25.3 Å². The van der Waals surface area contributed by atoms with Crippen molar-refractivity contribution >= 4 is 0 Å². The summed E-state index contributed by atoms with van der Waals surface area (Å²) in [6, 6.07) is 9.13. The molecule has 0 fully saturated rings. The van der Waals surface area contributed by atoms with Crippen LogP contribution >= 0.6 is 0 Å². The van der Waals surface area contributed by atoms with Gasteiger partial charge in [0, 0.05) is 18.5 Å². The van der Waals surface area contributed by atoms with Crippen molar-refractivity contribution in [1.29, 1.82) is 0 Å². The molecular formula is C13H17N. The highest BCUT2D eigenvalue weighted by molar-refractivity contribution is 5.40. The van der Waals surface area contributed by atoms with E-state index in [-0.39, 0.29) is 0 Å². The molecule has 0 aromatic heterocycles. The van der Waals surface area contributed by atoms with E-state index in [2.05, 4.69) is 43.1 Å². The number of hydrogen-bond acceptors (Lipinski definition) is 1. The zero-order chi connectivity index (χ0) is 9.97.